The standard InChI is InChI=1S/C19H30ClN3O2S.HI/c1-2-21-19(22-9-3-11-24-14-16-8-12-25-15-16)23-10-13-26-18-6-4-17(20)5-7-18;/h4-7,16H,2-3,8-15H2,1H3,(H2,21,22,23);1H. The van der Waals surface area contributed by atoms with Gasteiger partial charge in [0, 0.05) is 54.4 Å². The number of hydrogen-bond acceptors (Lipinski definition) is 4. The van der Waals surface area contributed by atoms with Gasteiger partial charge in [0.2, 0.25) is 0 Å². The highest BCUT2D eigenvalue weighted by Crippen LogP contribution is 2.19. The summed E-state index contributed by atoms with van der Waals surface area (Å²) in [6, 6.07) is 7.93. The lowest BCUT2D eigenvalue weighted by atomic mass is 10.1. The van der Waals surface area contributed by atoms with E-state index in [1.807, 2.05) is 24.3 Å². The minimum Gasteiger partial charge on any atom is -0.381 e. The number of guanidine groups is 1. The Hall–Kier alpha value is -0.220. The molecular formula is C19H31ClIN3O2S. The first-order chi connectivity index (χ1) is 12.8. The molecule has 154 valence electrons. The first kappa shape index (κ1) is 24.8. The Morgan fingerprint density at radius 1 is 1.33 bits per heavy atom. The van der Waals surface area contributed by atoms with Crippen molar-refractivity contribution in [1.29, 1.82) is 0 Å². The molecule has 0 amide bonds. The van der Waals surface area contributed by atoms with Crippen molar-refractivity contribution in [3.63, 3.8) is 0 Å². The highest BCUT2D eigenvalue weighted by Gasteiger charge is 2.15. The van der Waals surface area contributed by atoms with E-state index in [4.69, 9.17) is 21.1 Å². The number of hydrogen-bond donors (Lipinski definition) is 2. The predicted octanol–water partition coefficient (Wildman–Crippen LogP) is 4.05. The van der Waals surface area contributed by atoms with Crippen LogP contribution in [0.1, 0.15) is 19.8 Å². The summed E-state index contributed by atoms with van der Waals surface area (Å²) in [4.78, 5) is 5.83. The topological polar surface area (TPSA) is 54.9 Å². The van der Waals surface area contributed by atoms with Crippen molar-refractivity contribution in [2.24, 2.45) is 10.9 Å². The fourth-order valence-corrected chi connectivity index (χ4v) is 3.43. The molecule has 1 aliphatic heterocycles. The van der Waals surface area contributed by atoms with Crippen LogP contribution in [-0.2, 0) is 9.47 Å². The van der Waals surface area contributed by atoms with Crippen LogP contribution >= 0.6 is 47.3 Å². The van der Waals surface area contributed by atoms with Crippen molar-refractivity contribution in [2.45, 2.75) is 24.7 Å². The molecule has 8 heteroatoms. The number of nitrogens with zero attached hydrogens (tertiary/aromatic N) is 1. The lowest BCUT2D eigenvalue weighted by molar-refractivity contribution is 0.0893. The van der Waals surface area contributed by atoms with Crippen molar-refractivity contribution in [1.82, 2.24) is 10.6 Å². The third-order valence-corrected chi connectivity index (χ3v) is 5.18. The predicted molar refractivity (Wildman–Crippen MR) is 126 cm³/mol. The van der Waals surface area contributed by atoms with E-state index in [2.05, 4.69) is 22.5 Å². The van der Waals surface area contributed by atoms with Crippen LogP contribution < -0.4 is 10.6 Å². The fraction of sp³-hybridized carbons (Fsp3) is 0.632. The molecule has 1 aliphatic rings. The second-order valence-corrected chi connectivity index (χ2v) is 7.75. The molecule has 0 spiro atoms. The minimum absolute atomic E-state index is 0. The van der Waals surface area contributed by atoms with Crippen molar-refractivity contribution in [3.05, 3.63) is 29.3 Å². The van der Waals surface area contributed by atoms with E-state index >= 15 is 0 Å². The zero-order valence-electron chi connectivity index (χ0n) is 15.9. The van der Waals surface area contributed by atoms with E-state index in [1.165, 1.54) is 4.90 Å². The van der Waals surface area contributed by atoms with Crippen LogP contribution in [0.15, 0.2) is 34.2 Å². The number of thioether (sulfide) groups is 1. The van der Waals surface area contributed by atoms with Crippen LogP contribution in [0.25, 0.3) is 0 Å². The van der Waals surface area contributed by atoms with Crippen LogP contribution in [0.3, 0.4) is 0 Å². The smallest absolute Gasteiger partial charge is 0.191 e. The summed E-state index contributed by atoms with van der Waals surface area (Å²) < 4.78 is 11.1. The third-order valence-electron chi connectivity index (χ3n) is 3.92. The molecule has 1 aromatic carbocycles. The summed E-state index contributed by atoms with van der Waals surface area (Å²) in [6.07, 6.45) is 2.06. The van der Waals surface area contributed by atoms with Crippen LogP contribution in [0.5, 0.6) is 0 Å². The zero-order chi connectivity index (χ0) is 18.5. The molecule has 1 unspecified atom stereocenters. The van der Waals surface area contributed by atoms with Gasteiger partial charge in [0.15, 0.2) is 5.96 Å². The Labute approximate surface area is 189 Å². The van der Waals surface area contributed by atoms with Gasteiger partial charge in [-0.05, 0) is 44.0 Å². The monoisotopic (exact) mass is 527 g/mol. The van der Waals surface area contributed by atoms with E-state index in [0.717, 1.165) is 75.6 Å². The molecule has 1 aromatic rings. The summed E-state index contributed by atoms with van der Waals surface area (Å²) in [7, 11) is 0. The highest BCUT2D eigenvalue weighted by atomic mass is 127. The maximum absolute atomic E-state index is 5.90. The Balaban J connectivity index is 0.00000364. The van der Waals surface area contributed by atoms with Gasteiger partial charge in [-0.3, -0.25) is 4.99 Å². The molecule has 27 heavy (non-hydrogen) atoms. The number of halogens is 2. The maximum Gasteiger partial charge on any atom is 0.191 e. The zero-order valence-corrected chi connectivity index (χ0v) is 19.8. The molecule has 0 aromatic heterocycles. The Kier molecular flexibility index (Phi) is 14.4. The molecule has 1 fully saturated rings. The molecule has 0 aliphatic carbocycles. The number of nitrogens with one attached hydrogen (secondary N) is 2. The molecule has 5 nitrogen and oxygen atoms in total. The second kappa shape index (κ2) is 15.7. The van der Waals surface area contributed by atoms with Gasteiger partial charge in [0.25, 0.3) is 0 Å². The van der Waals surface area contributed by atoms with E-state index in [9.17, 15) is 0 Å². The normalized spacial score (nSPS) is 16.8. The molecule has 2 N–H and O–H groups in total. The van der Waals surface area contributed by atoms with E-state index in [0.29, 0.717) is 5.92 Å². The van der Waals surface area contributed by atoms with Crippen molar-refractivity contribution < 1.29 is 9.47 Å². The second-order valence-electron chi connectivity index (χ2n) is 6.15. The van der Waals surface area contributed by atoms with Gasteiger partial charge in [-0.2, -0.15) is 0 Å². The molecule has 2 rings (SSSR count). The van der Waals surface area contributed by atoms with Crippen LogP contribution in [0.2, 0.25) is 5.02 Å². The summed E-state index contributed by atoms with van der Waals surface area (Å²) in [5, 5.41) is 7.42. The van der Waals surface area contributed by atoms with Gasteiger partial charge < -0.3 is 20.1 Å². The number of ether oxygens (including phenoxy) is 2. The average molecular weight is 528 g/mol. The lowest BCUT2D eigenvalue weighted by Gasteiger charge is -2.11. The fourth-order valence-electron chi connectivity index (χ4n) is 2.53. The Bertz CT molecular complexity index is 528. The van der Waals surface area contributed by atoms with Crippen LogP contribution in [0, 0.1) is 5.92 Å². The lowest BCUT2D eigenvalue weighted by Crippen LogP contribution is -2.38. The molecule has 1 saturated heterocycles. The van der Waals surface area contributed by atoms with Crippen molar-refractivity contribution >= 4 is 53.3 Å². The summed E-state index contributed by atoms with van der Waals surface area (Å²) in [5.41, 5.74) is 0. The SMILES string of the molecule is CCNC(=NCCCOCC1CCOC1)NCCSc1ccc(Cl)cc1.I. The first-order valence-corrected chi connectivity index (χ1v) is 10.7. The third kappa shape index (κ3) is 11.4. The molecule has 0 saturated carbocycles. The molecule has 1 atom stereocenters. The molecule has 0 radical (unpaired) electrons. The summed E-state index contributed by atoms with van der Waals surface area (Å²) in [5.74, 6) is 2.42. The van der Waals surface area contributed by atoms with Crippen molar-refractivity contribution in [2.75, 3.05) is 51.8 Å². The summed E-state index contributed by atoms with van der Waals surface area (Å²) >= 11 is 7.70. The van der Waals surface area contributed by atoms with Gasteiger partial charge in [0.1, 0.15) is 0 Å². The van der Waals surface area contributed by atoms with Gasteiger partial charge >= 0.3 is 0 Å². The quantitative estimate of drug-likeness (QED) is 0.150. The minimum atomic E-state index is 0. The van der Waals surface area contributed by atoms with Crippen molar-refractivity contribution in [3.8, 4) is 0 Å². The molecule has 1 heterocycles. The number of rotatable bonds is 11. The Morgan fingerprint density at radius 3 is 2.85 bits per heavy atom. The summed E-state index contributed by atoms with van der Waals surface area (Å²) in [6.45, 7) is 7.85. The Morgan fingerprint density at radius 2 is 2.15 bits per heavy atom. The van der Waals surface area contributed by atoms with Gasteiger partial charge in [-0.25, -0.2) is 0 Å². The van der Waals surface area contributed by atoms with Crippen LogP contribution in [-0.4, -0.2) is 57.8 Å². The van der Waals surface area contributed by atoms with E-state index in [1.54, 1.807) is 11.8 Å². The molecular weight excluding hydrogens is 497 g/mol. The van der Waals surface area contributed by atoms with E-state index in [-0.39, 0.29) is 24.0 Å². The van der Waals surface area contributed by atoms with Gasteiger partial charge in [-0.15, -0.1) is 35.7 Å². The maximum atomic E-state index is 5.90. The first-order valence-electron chi connectivity index (χ1n) is 9.34. The average Bonchev–Trinajstić information content (AvgIpc) is 3.16. The number of benzene rings is 1. The van der Waals surface area contributed by atoms with Crippen LogP contribution in [0.4, 0.5) is 0 Å². The molecule has 0 bridgehead atoms. The number of aliphatic imine (C=N–C) groups is 1. The van der Waals surface area contributed by atoms with E-state index < -0.39 is 0 Å². The highest BCUT2D eigenvalue weighted by molar-refractivity contribution is 14.0. The van der Waals surface area contributed by atoms with Gasteiger partial charge in [0.05, 0.1) is 13.2 Å². The largest absolute Gasteiger partial charge is 0.381 e. The van der Waals surface area contributed by atoms with Gasteiger partial charge in [-0.1, -0.05) is 11.6 Å².